The smallest absolute Gasteiger partial charge is 0.414 e. The van der Waals surface area contributed by atoms with Crippen LogP contribution in [0.4, 0.5) is 10.5 Å². The number of Topliss-reactive ketones (excluding diaryl/α,β-unsaturated/α-hetero) is 2. The molecule has 1 fully saturated rings. The second-order valence-electron chi connectivity index (χ2n) is 8.36. The first-order chi connectivity index (χ1) is 15.2. The summed E-state index contributed by atoms with van der Waals surface area (Å²) in [7, 11) is 1.77. The minimum atomic E-state index is -0.754. The first kappa shape index (κ1) is 21.7. The summed E-state index contributed by atoms with van der Waals surface area (Å²) < 4.78 is 6.96. The quantitative estimate of drug-likeness (QED) is 0.435. The lowest BCUT2D eigenvalue weighted by molar-refractivity contribution is -0.119. The molecule has 2 aromatic rings. The predicted octanol–water partition coefficient (Wildman–Crippen LogP) is 2.21. The van der Waals surface area contributed by atoms with E-state index in [1.165, 1.54) is 11.8 Å². The van der Waals surface area contributed by atoms with Gasteiger partial charge in [-0.05, 0) is 56.0 Å². The Balaban J connectivity index is 1.54. The standard InChI is InChI=1S/C23H26N4O5/c1-13-9-20(25-26(13)3)22(30)19-6-4-5-15-10-16(7-8-18(15)21(19)29)27-12-17(32-23(27)31)11-24-14(2)28/h7-10,17,19H,4-6,11-12H2,1-3H3,(H,24,28). The van der Waals surface area contributed by atoms with Crippen LogP contribution in [0.2, 0.25) is 0 Å². The van der Waals surface area contributed by atoms with Crippen molar-refractivity contribution in [3.05, 3.63) is 46.8 Å². The molecule has 0 spiro atoms. The fraction of sp³-hybridized carbons (Fsp3) is 0.435. The molecule has 2 heterocycles. The summed E-state index contributed by atoms with van der Waals surface area (Å²) in [6, 6.07) is 6.93. The van der Waals surface area contributed by atoms with E-state index in [2.05, 4.69) is 10.4 Å². The summed E-state index contributed by atoms with van der Waals surface area (Å²) >= 11 is 0. The number of carbonyl (C=O) groups excluding carboxylic acids is 4. The van der Waals surface area contributed by atoms with Gasteiger partial charge in [-0.1, -0.05) is 0 Å². The van der Waals surface area contributed by atoms with Gasteiger partial charge in [0.2, 0.25) is 5.91 Å². The van der Waals surface area contributed by atoms with Crippen LogP contribution in [0.25, 0.3) is 0 Å². The maximum absolute atomic E-state index is 13.2. The van der Waals surface area contributed by atoms with Gasteiger partial charge in [0.1, 0.15) is 11.8 Å². The number of rotatable bonds is 5. The van der Waals surface area contributed by atoms with Crippen LogP contribution in [0, 0.1) is 12.8 Å². The first-order valence-corrected chi connectivity index (χ1v) is 10.7. The number of cyclic esters (lactones) is 1. The number of ketones is 2. The molecule has 2 amide bonds. The Morgan fingerprint density at radius 1 is 1.25 bits per heavy atom. The van der Waals surface area contributed by atoms with Gasteiger partial charge in [0.15, 0.2) is 11.6 Å². The van der Waals surface area contributed by atoms with Gasteiger partial charge < -0.3 is 10.1 Å². The van der Waals surface area contributed by atoms with Crippen LogP contribution in [0.3, 0.4) is 0 Å². The topological polar surface area (TPSA) is 111 Å². The molecule has 168 valence electrons. The summed E-state index contributed by atoms with van der Waals surface area (Å²) in [6.45, 7) is 3.83. The molecular formula is C23H26N4O5. The van der Waals surface area contributed by atoms with Crippen LogP contribution < -0.4 is 10.2 Å². The van der Waals surface area contributed by atoms with Crippen molar-refractivity contribution in [1.82, 2.24) is 15.1 Å². The minimum absolute atomic E-state index is 0.187. The third-order valence-corrected chi connectivity index (χ3v) is 6.06. The fourth-order valence-corrected chi connectivity index (χ4v) is 4.22. The van der Waals surface area contributed by atoms with Gasteiger partial charge in [-0.15, -0.1) is 0 Å². The van der Waals surface area contributed by atoms with Crippen molar-refractivity contribution >= 4 is 29.3 Å². The number of aryl methyl sites for hydroxylation is 3. The van der Waals surface area contributed by atoms with E-state index in [-0.39, 0.29) is 24.0 Å². The first-order valence-electron chi connectivity index (χ1n) is 10.7. The van der Waals surface area contributed by atoms with Gasteiger partial charge in [-0.25, -0.2) is 4.79 Å². The molecule has 1 aromatic carbocycles. The van der Waals surface area contributed by atoms with E-state index in [1.54, 1.807) is 29.9 Å². The Bertz CT molecular complexity index is 1090. The van der Waals surface area contributed by atoms with E-state index < -0.39 is 18.1 Å². The molecule has 4 rings (SSSR count). The van der Waals surface area contributed by atoms with Crippen molar-refractivity contribution in [3.8, 4) is 0 Å². The Morgan fingerprint density at radius 3 is 2.72 bits per heavy atom. The van der Waals surface area contributed by atoms with Crippen LogP contribution >= 0.6 is 0 Å². The summed E-state index contributed by atoms with van der Waals surface area (Å²) in [6.07, 6.45) is 0.856. The monoisotopic (exact) mass is 438 g/mol. The van der Waals surface area contributed by atoms with Crippen molar-refractivity contribution < 1.29 is 23.9 Å². The zero-order chi connectivity index (χ0) is 23.0. The van der Waals surface area contributed by atoms with E-state index in [4.69, 9.17) is 4.74 Å². The third kappa shape index (κ3) is 4.15. The van der Waals surface area contributed by atoms with Crippen molar-refractivity contribution in [2.75, 3.05) is 18.0 Å². The molecule has 9 heteroatoms. The van der Waals surface area contributed by atoms with E-state index in [1.807, 2.05) is 13.0 Å². The van der Waals surface area contributed by atoms with Crippen LogP contribution in [0.1, 0.15) is 51.9 Å². The fourth-order valence-electron chi connectivity index (χ4n) is 4.22. The number of hydrogen-bond donors (Lipinski definition) is 1. The van der Waals surface area contributed by atoms with E-state index in [0.29, 0.717) is 42.8 Å². The highest BCUT2D eigenvalue weighted by molar-refractivity contribution is 6.16. The molecule has 2 unspecified atom stereocenters. The van der Waals surface area contributed by atoms with Crippen molar-refractivity contribution in [2.24, 2.45) is 13.0 Å². The number of nitrogens with one attached hydrogen (secondary N) is 1. The molecule has 0 saturated carbocycles. The molecule has 1 saturated heterocycles. The molecule has 0 bridgehead atoms. The third-order valence-electron chi connectivity index (χ3n) is 6.06. The van der Waals surface area contributed by atoms with Gasteiger partial charge in [-0.2, -0.15) is 5.10 Å². The number of benzene rings is 1. The zero-order valence-corrected chi connectivity index (χ0v) is 18.4. The molecule has 1 N–H and O–H groups in total. The van der Waals surface area contributed by atoms with Crippen LogP contribution in [0.15, 0.2) is 24.3 Å². The van der Waals surface area contributed by atoms with Crippen molar-refractivity contribution in [2.45, 2.75) is 39.2 Å². The average Bonchev–Trinajstić information content (AvgIpc) is 3.24. The number of amides is 2. The molecule has 1 aliphatic heterocycles. The Kier molecular flexibility index (Phi) is 5.82. The summed E-state index contributed by atoms with van der Waals surface area (Å²) in [4.78, 5) is 51.2. The van der Waals surface area contributed by atoms with Crippen LogP contribution in [0.5, 0.6) is 0 Å². The number of aromatic nitrogens is 2. The number of anilines is 1. The minimum Gasteiger partial charge on any atom is -0.442 e. The summed E-state index contributed by atoms with van der Waals surface area (Å²) in [5.41, 5.74) is 3.14. The summed E-state index contributed by atoms with van der Waals surface area (Å²) in [5.74, 6) is -1.40. The van der Waals surface area contributed by atoms with Gasteiger partial charge in [0.25, 0.3) is 0 Å². The second-order valence-corrected chi connectivity index (χ2v) is 8.36. The molecule has 0 radical (unpaired) electrons. The highest BCUT2D eigenvalue weighted by Gasteiger charge is 2.35. The molecule has 32 heavy (non-hydrogen) atoms. The molecule has 2 aliphatic rings. The number of hydrogen-bond acceptors (Lipinski definition) is 6. The van der Waals surface area contributed by atoms with Gasteiger partial charge >= 0.3 is 6.09 Å². The van der Waals surface area contributed by atoms with Gasteiger partial charge in [-0.3, -0.25) is 24.0 Å². The van der Waals surface area contributed by atoms with E-state index in [9.17, 15) is 19.2 Å². The van der Waals surface area contributed by atoms with Crippen LogP contribution in [-0.4, -0.2) is 52.5 Å². The maximum atomic E-state index is 13.2. The van der Waals surface area contributed by atoms with Crippen molar-refractivity contribution in [1.29, 1.82) is 0 Å². The van der Waals surface area contributed by atoms with Crippen molar-refractivity contribution in [3.63, 3.8) is 0 Å². The molecular weight excluding hydrogens is 412 g/mol. The van der Waals surface area contributed by atoms with Gasteiger partial charge in [0, 0.05) is 30.9 Å². The Morgan fingerprint density at radius 2 is 2.03 bits per heavy atom. The SMILES string of the molecule is CC(=O)NCC1CN(c2ccc3c(c2)CCCC(C(=O)c2cc(C)n(C)n2)C3=O)C(=O)O1. The number of ether oxygens (including phenoxy) is 1. The molecule has 9 nitrogen and oxygen atoms in total. The lowest BCUT2D eigenvalue weighted by atomic mass is 9.90. The number of carbonyl (C=O) groups is 4. The number of fused-ring (bicyclic) bond motifs is 1. The highest BCUT2D eigenvalue weighted by atomic mass is 16.6. The normalized spacial score (nSPS) is 20.5. The largest absolute Gasteiger partial charge is 0.442 e. The highest BCUT2D eigenvalue weighted by Crippen LogP contribution is 2.31. The average molecular weight is 438 g/mol. The van der Waals surface area contributed by atoms with E-state index in [0.717, 1.165) is 11.3 Å². The van der Waals surface area contributed by atoms with Crippen LogP contribution in [-0.2, 0) is 23.0 Å². The summed E-state index contributed by atoms with van der Waals surface area (Å²) in [5, 5.41) is 6.90. The molecule has 2 atom stereocenters. The Hall–Kier alpha value is -3.49. The lowest BCUT2D eigenvalue weighted by Gasteiger charge is -2.16. The second kappa shape index (κ2) is 8.57. The maximum Gasteiger partial charge on any atom is 0.414 e. The van der Waals surface area contributed by atoms with Gasteiger partial charge in [0.05, 0.1) is 19.0 Å². The predicted molar refractivity (Wildman–Crippen MR) is 116 cm³/mol. The van der Waals surface area contributed by atoms with E-state index >= 15 is 0 Å². The number of nitrogens with zero attached hydrogens (tertiary/aromatic N) is 3. The molecule has 1 aromatic heterocycles. The molecule has 1 aliphatic carbocycles. The zero-order valence-electron chi connectivity index (χ0n) is 18.4. The Labute approximate surface area is 185 Å². The lowest BCUT2D eigenvalue weighted by Crippen LogP contribution is -2.33.